The molecule has 21 heavy (non-hydrogen) atoms. The molecule has 1 heterocycles. The molecule has 118 valence electrons. The van der Waals surface area contributed by atoms with E-state index in [1.54, 1.807) is 19.2 Å². The van der Waals surface area contributed by atoms with Crippen molar-refractivity contribution >= 4 is 18.3 Å². The van der Waals surface area contributed by atoms with Gasteiger partial charge < -0.3 is 24.8 Å². The summed E-state index contributed by atoms with van der Waals surface area (Å²) in [6.45, 7) is 2.55. The van der Waals surface area contributed by atoms with Gasteiger partial charge in [0.1, 0.15) is 5.75 Å². The van der Waals surface area contributed by atoms with E-state index in [1.807, 2.05) is 0 Å². The molecule has 0 radical (unpaired) electrons. The van der Waals surface area contributed by atoms with Gasteiger partial charge in [-0.15, -0.1) is 12.4 Å². The first-order valence-corrected chi connectivity index (χ1v) is 6.48. The first kappa shape index (κ1) is 17.4. The van der Waals surface area contributed by atoms with E-state index in [0.29, 0.717) is 35.3 Å². The minimum Gasteiger partial charge on any atom is -0.496 e. The zero-order valence-corrected chi connectivity index (χ0v) is 13.2. The number of methoxy groups -OCH3 is 3. The van der Waals surface area contributed by atoms with Crippen molar-refractivity contribution in [2.75, 3.05) is 41.0 Å². The number of benzene rings is 1. The monoisotopic (exact) mass is 316 g/mol. The summed E-state index contributed by atoms with van der Waals surface area (Å²) in [4.78, 5) is 12.2. The molecule has 1 aromatic carbocycles. The molecule has 1 fully saturated rings. The fourth-order valence-corrected chi connectivity index (χ4v) is 2.03. The third kappa shape index (κ3) is 3.92. The summed E-state index contributed by atoms with van der Waals surface area (Å²) < 4.78 is 15.7. The summed E-state index contributed by atoms with van der Waals surface area (Å²) in [6.07, 6.45) is 0. The highest BCUT2D eigenvalue weighted by Crippen LogP contribution is 2.34. The Labute approximate surface area is 130 Å². The molecule has 2 rings (SSSR count). The van der Waals surface area contributed by atoms with Crippen LogP contribution in [0.25, 0.3) is 0 Å². The van der Waals surface area contributed by atoms with Crippen molar-refractivity contribution in [3.63, 3.8) is 0 Å². The molecule has 1 aliphatic rings. The average molecular weight is 317 g/mol. The van der Waals surface area contributed by atoms with Crippen molar-refractivity contribution in [3.8, 4) is 17.2 Å². The predicted molar refractivity (Wildman–Crippen MR) is 82.0 cm³/mol. The van der Waals surface area contributed by atoms with Gasteiger partial charge in [0, 0.05) is 37.7 Å². The van der Waals surface area contributed by atoms with E-state index < -0.39 is 0 Å². The summed E-state index contributed by atoms with van der Waals surface area (Å²) >= 11 is 0. The molecule has 0 aliphatic carbocycles. The standard InChI is InChI=1S/C14H20N2O4.ClH/c1-18-11-5-13(20-3)12(19-2)4-10(11)14(17)16-8-9-6-15-7-9;/h4-5,9,15H,6-8H2,1-3H3,(H,16,17);1H. The molecule has 6 nitrogen and oxygen atoms in total. The minimum absolute atomic E-state index is 0. The van der Waals surface area contributed by atoms with Gasteiger partial charge in [-0.1, -0.05) is 0 Å². The molecule has 7 heteroatoms. The lowest BCUT2D eigenvalue weighted by molar-refractivity contribution is 0.0938. The summed E-state index contributed by atoms with van der Waals surface area (Å²) in [5.41, 5.74) is 0.442. The lowest BCUT2D eigenvalue weighted by Gasteiger charge is -2.27. The molecule has 0 bridgehead atoms. The van der Waals surface area contributed by atoms with E-state index in [1.165, 1.54) is 14.2 Å². The van der Waals surface area contributed by atoms with E-state index in [9.17, 15) is 4.79 Å². The molecule has 1 amide bonds. The summed E-state index contributed by atoms with van der Waals surface area (Å²) in [7, 11) is 4.60. The van der Waals surface area contributed by atoms with Gasteiger partial charge in [-0.05, 0) is 0 Å². The number of halogens is 1. The Morgan fingerprint density at radius 2 is 1.71 bits per heavy atom. The maximum atomic E-state index is 12.2. The maximum Gasteiger partial charge on any atom is 0.255 e. The smallest absolute Gasteiger partial charge is 0.255 e. The molecule has 1 aliphatic heterocycles. The quantitative estimate of drug-likeness (QED) is 0.822. The highest BCUT2D eigenvalue weighted by atomic mass is 35.5. The Hall–Kier alpha value is -1.66. The molecule has 0 aromatic heterocycles. The number of carbonyl (C=O) groups is 1. The van der Waals surface area contributed by atoms with E-state index in [2.05, 4.69) is 10.6 Å². The first-order valence-electron chi connectivity index (χ1n) is 6.48. The van der Waals surface area contributed by atoms with Crippen molar-refractivity contribution in [2.45, 2.75) is 0 Å². The second kappa shape index (κ2) is 7.95. The number of hydrogen-bond donors (Lipinski definition) is 2. The Morgan fingerprint density at radius 3 is 2.19 bits per heavy atom. The number of ether oxygens (including phenoxy) is 3. The highest BCUT2D eigenvalue weighted by molar-refractivity contribution is 5.97. The lowest BCUT2D eigenvalue weighted by Crippen LogP contribution is -2.48. The van der Waals surface area contributed by atoms with Gasteiger partial charge in [-0.25, -0.2) is 0 Å². The van der Waals surface area contributed by atoms with Crippen LogP contribution in [0.15, 0.2) is 12.1 Å². The Morgan fingerprint density at radius 1 is 1.14 bits per heavy atom. The Balaban J connectivity index is 0.00000220. The maximum absolute atomic E-state index is 12.2. The fraction of sp³-hybridized carbons (Fsp3) is 0.500. The van der Waals surface area contributed by atoms with Gasteiger partial charge in [-0.2, -0.15) is 0 Å². The predicted octanol–water partition coefficient (Wildman–Crippen LogP) is 1.08. The molecule has 0 saturated carbocycles. The van der Waals surface area contributed by atoms with Crippen LogP contribution >= 0.6 is 12.4 Å². The molecule has 1 saturated heterocycles. The highest BCUT2D eigenvalue weighted by Gasteiger charge is 2.21. The third-order valence-corrected chi connectivity index (χ3v) is 3.37. The zero-order valence-electron chi connectivity index (χ0n) is 12.4. The second-order valence-electron chi connectivity index (χ2n) is 4.64. The van der Waals surface area contributed by atoms with Gasteiger partial charge >= 0.3 is 0 Å². The van der Waals surface area contributed by atoms with Gasteiger partial charge in [-0.3, -0.25) is 4.79 Å². The molecule has 0 spiro atoms. The number of carbonyl (C=O) groups excluding carboxylic acids is 1. The summed E-state index contributed by atoms with van der Waals surface area (Å²) in [5.74, 6) is 1.83. The lowest BCUT2D eigenvalue weighted by atomic mass is 10.0. The van der Waals surface area contributed by atoms with Crippen LogP contribution in [0.1, 0.15) is 10.4 Å². The topological polar surface area (TPSA) is 68.8 Å². The summed E-state index contributed by atoms with van der Waals surface area (Å²) in [5, 5.41) is 6.08. The molecular weight excluding hydrogens is 296 g/mol. The fourth-order valence-electron chi connectivity index (χ4n) is 2.03. The minimum atomic E-state index is -0.172. The van der Waals surface area contributed by atoms with Crippen LogP contribution in [-0.2, 0) is 0 Å². The third-order valence-electron chi connectivity index (χ3n) is 3.37. The Kier molecular flexibility index (Phi) is 6.58. The van der Waals surface area contributed by atoms with Crippen LogP contribution in [0.4, 0.5) is 0 Å². The van der Waals surface area contributed by atoms with E-state index in [0.717, 1.165) is 13.1 Å². The van der Waals surface area contributed by atoms with Gasteiger partial charge in [0.2, 0.25) is 0 Å². The number of rotatable bonds is 6. The van der Waals surface area contributed by atoms with Crippen LogP contribution < -0.4 is 24.8 Å². The molecular formula is C14H21ClN2O4. The van der Waals surface area contributed by atoms with E-state index in [4.69, 9.17) is 14.2 Å². The SMILES string of the molecule is COc1cc(OC)c(C(=O)NCC2CNC2)cc1OC.Cl. The van der Waals surface area contributed by atoms with E-state index >= 15 is 0 Å². The first-order chi connectivity index (χ1) is 9.69. The number of amides is 1. The zero-order chi connectivity index (χ0) is 14.5. The molecule has 1 aromatic rings. The van der Waals surface area contributed by atoms with Gasteiger partial charge in [0.05, 0.1) is 26.9 Å². The van der Waals surface area contributed by atoms with Crippen LogP contribution in [0, 0.1) is 5.92 Å². The average Bonchev–Trinajstić information content (AvgIpc) is 2.43. The normalized spacial score (nSPS) is 13.7. The van der Waals surface area contributed by atoms with Crippen LogP contribution in [0.5, 0.6) is 17.2 Å². The van der Waals surface area contributed by atoms with Crippen molar-refractivity contribution in [1.29, 1.82) is 0 Å². The molecule has 0 atom stereocenters. The Bertz CT molecular complexity index is 492. The van der Waals surface area contributed by atoms with Crippen LogP contribution in [-0.4, -0.2) is 46.9 Å². The molecule has 0 unspecified atom stereocenters. The van der Waals surface area contributed by atoms with E-state index in [-0.39, 0.29) is 18.3 Å². The summed E-state index contributed by atoms with van der Waals surface area (Å²) in [6, 6.07) is 3.28. The number of hydrogen-bond acceptors (Lipinski definition) is 5. The number of nitrogens with one attached hydrogen (secondary N) is 2. The second-order valence-corrected chi connectivity index (χ2v) is 4.64. The van der Waals surface area contributed by atoms with Crippen LogP contribution in [0.2, 0.25) is 0 Å². The van der Waals surface area contributed by atoms with Gasteiger partial charge in [0.25, 0.3) is 5.91 Å². The molecule has 2 N–H and O–H groups in total. The van der Waals surface area contributed by atoms with Crippen molar-refractivity contribution in [3.05, 3.63) is 17.7 Å². The van der Waals surface area contributed by atoms with Crippen molar-refractivity contribution in [2.24, 2.45) is 5.92 Å². The van der Waals surface area contributed by atoms with Gasteiger partial charge in [0.15, 0.2) is 11.5 Å². The van der Waals surface area contributed by atoms with Crippen molar-refractivity contribution < 1.29 is 19.0 Å². The van der Waals surface area contributed by atoms with Crippen molar-refractivity contribution in [1.82, 2.24) is 10.6 Å². The largest absolute Gasteiger partial charge is 0.496 e. The van der Waals surface area contributed by atoms with Crippen LogP contribution in [0.3, 0.4) is 0 Å².